The first-order valence-electron chi connectivity index (χ1n) is 5.47. The summed E-state index contributed by atoms with van der Waals surface area (Å²) in [5, 5.41) is 3.40. The van der Waals surface area contributed by atoms with E-state index in [1.54, 1.807) is 0 Å². The summed E-state index contributed by atoms with van der Waals surface area (Å²) in [4.78, 5) is 0. The van der Waals surface area contributed by atoms with Gasteiger partial charge in [-0.1, -0.05) is 18.2 Å². The van der Waals surface area contributed by atoms with Crippen molar-refractivity contribution in [3.63, 3.8) is 0 Å². The Hall–Kier alpha value is -0.660. The van der Waals surface area contributed by atoms with Crippen molar-refractivity contribution >= 4 is 22.0 Å². The van der Waals surface area contributed by atoms with Gasteiger partial charge in [0, 0.05) is 5.88 Å². The highest BCUT2D eigenvalue weighted by molar-refractivity contribution is 7.79. The van der Waals surface area contributed by atoms with E-state index in [4.69, 9.17) is 29.1 Å². The van der Waals surface area contributed by atoms with Crippen molar-refractivity contribution in [3.8, 4) is 0 Å². The van der Waals surface area contributed by atoms with Crippen LogP contribution in [0.1, 0.15) is 16.7 Å². The van der Waals surface area contributed by atoms with Crippen molar-refractivity contribution in [2.75, 3.05) is 13.1 Å². The normalized spacial score (nSPS) is 15.1. The van der Waals surface area contributed by atoms with Crippen LogP contribution in [0.4, 0.5) is 0 Å². The highest BCUT2D eigenvalue weighted by Gasteiger charge is 2.07. The molecule has 1 aliphatic heterocycles. The minimum absolute atomic E-state index is 0.626. The zero-order chi connectivity index (χ0) is 13.6. The van der Waals surface area contributed by atoms with Gasteiger partial charge in [0.05, 0.1) is 0 Å². The standard InChI is InChI=1S/C11H14ClN.H2O4S/c12-8-9-1-2-10-3-5-13-6-4-11(10)7-9;1-5(2,3)4/h1-2,7,13H,3-6,8H2;(H2,1,2,3,4). The number of alkyl halides is 1. The molecule has 0 atom stereocenters. The van der Waals surface area contributed by atoms with Crippen LogP contribution in [0.3, 0.4) is 0 Å². The molecule has 0 radical (unpaired) electrons. The van der Waals surface area contributed by atoms with Gasteiger partial charge in [-0.05, 0) is 42.6 Å². The van der Waals surface area contributed by atoms with Crippen molar-refractivity contribution in [2.24, 2.45) is 0 Å². The molecule has 0 fully saturated rings. The lowest BCUT2D eigenvalue weighted by Crippen LogP contribution is -2.16. The number of fused-ring (bicyclic) bond motifs is 1. The van der Waals surface area contributed by atoms with E-state index < -0.39 is 10.4 Å². The average molecular weight is 294 g/mol. The van der Waals surface area contributed by atoms with Crippen molar-refractivity contribution in [2.45, 2.75) is 18.7 Å². The summed E-state index contributed by atoms with van der Waals surface area (Å²) in [6, 6.07) is 6.60. The third-order valence-electron chi connectivity index (χ3n) is 2.57. The summed E-state index contributed by atoms with van der Waals surface area (Å²) in [5.74, 6) is 0.626. The summed E-state index contributed by atoms with van der Waals surface area (Å²) in [5.41, 5.74) is 4.20. The van der Waals surface area contributed by atoms with Crippen LogP contribution in [0.2, 0.25) is 0 Å². The van der Waals surface area contributed by atoms with Gasteiger partial charge in [-0.25, -0.2) is 0 Å². The molecule has 1 heterocycles. The van der Waals surface area contributed by atoms with Crippen molar-refractivity contribution in [1.82, 2.24) is 5.32 Å². The van der Waals surface area contributed by atoms with Crippen LogP contribution in [0.25, 0.3) is 0 Å². The third kappa shape index (κ3) is 6.32. The maximum Gasteiger partial charge on any atom is 0.394 e. The number of hydrogen-bond acceptors (Lipinski definition) is 3. The van der Waals surface area contributed by atoms with Crippen LogP contribution in [0, 0.1) is 0 Å². The van der Waals surface area contributed by atoms with Gasteiger partial charge in [0.2, 0.25) is 0 Å². The quantitative estimate of drug-likeness (QED) is 0.539. The largest absolute Gasteiger partial charge is 0.394 e. The molecule has 0 saturated carbocycles. The minimum Gasteiger partial charge on any atom is -0.316 e. The van der Waals surface area contributed by atoms with Crippen molar-refractivity contribution in [3.05, 3.63) is 34.9 Å². The highest BCUT2D eigenvalue weighted by Crippen LogP contribution is 2.16. The maximum atomic E-state index is 8.74. The number of benzene rings is 1. The molecule has 7 heteroatoms. The van der Waals surface area contributed by atoms with Gasteiger partial charge in [-0.15, -0.1) is 11.6 Å². The smallest absolute Gasteiger partial charge is 0.316 e. The van der Waals surface area contributed by atoms with Crippen LogP contribution in [0.5, 0.6) is 0 Å². The molecule has 5 nitrogen and oxygen atoms in total. The summed E-state index contributed by atoms with van der Waals surface area (Å²) in [6.45, 7) is 2.20. The fourth-order valence-electron chi connectivity index (χ4n) is 1.81. The second kappa shape index (κ2) is 7.06. The van der Waals surface area contributed by atoms with E-state index in [0.29, 0.717) is 5.88 Å². The second-order valence-electron chi connectivity index (χ2n) is 3.93. The lowest BCUT2D eigenvalue weighted by Gasteiger charge is -2.06. The van der Waals surface area contributed by atoms with E-state index in [1.807, 2.05) is 0 Å². The molecule has 0 aromatic heterocycles. The van der Waals surface area contributed by atoms with E-state index in [0.717, 1.165) is 25.9 Å². The lowest BCUT2D eigenvalue weighted by atomic mass is 10.0. The average Bonchev–Trinajstić information content (AvgIpc) is 2.50. The zero-order valence-corrected chi connectivity index (χ0v) is 11.3. The summed E-state index contributed by atoms with van der Waals surface area (Å²) < 4.78 is 31.6. The molecular weight excluding hydrogens is 278 g/mol. The molecule has 0 bridgehead atoms. The molecule has 0 unspecified atom stereocenters. The van der Waals surface area contributed by atoms with Crippen LogP contribution in [0.15, 0.2) is 18.2 Å². The van der Waals surface area contributed by atoms with Gasteiger partial charge in [-0.3, -0.25) is 9.11 Å². The molecule has 0 aliphatic carbocycles. The molecule has 102 valence electrons. The Morgan fingerprint density at radius 3 is 2.28 bits per heavy atom. The summed E-state index contributed by atoms with van der Waals surface area (Å²) in [6.07, 6.45) is 2.29. The number of hydrogen-bond donors (Lipinski definition) is 3. The molecule has 1 aliphatic rings. The Bertz CT molecular complexity index is 482. The molecule has 0 saturated heterocycles. The summed E-state index contributed by atoms with van der Waals surface area (Å²) >= 11 is 5.79. The maximum absolute atomic E-state index is 8.74. The Morgan fingerprint density at radius 2 is 1.72 bits per heavy atom. The van der Waals surface area contributed by atoms with Gasteiger partial charge in [-0.2, -0.15) is 8.42 Å². The van der Waals surface area contributed by atoms with E-state index in [1.165, 1.54) is 16.7 Å². The number of rotatable bonds is 1. The van der Waals surface area contributed by atoms with Gasteiger partial charge in [0.1, 0.15) is 0 Å². The third-order valence-corrected chi connectivity index (χ3v) is 2.88. The Labute approximate surface area is 112 Å². The molecule has 3 N–H and O–H groups in total. The molecule has 1 aromatic rings. The lowest BCUT2D eigenvalue weighted by molar-refractivity contribution is 0.381. The minimum atomic E-state index is -4.67. The van der Waals surface area contributed by atoms with Crippen molar-refractivity contribution < 1.29 is 17.5 Å². The predicted molar refractivity (Wildman–Crippen MR) is 70.5 cm³/mol. The van der Waals surface area contributed by atoms with Gasteiger partial charge in [0.25, 0.3) is 0 Å². The van der Waals surface area contributed by atoms with Gasteiger partial charge in [0.15, 0.2) is 0 Å². The fourth-order valence-corrected chi connectivity index (χ4v) is 1.98. The molecule has 0 amide bonds. The molecule has 0 spiro atoms. The number of halogens is 1. The summed E-state index contributed by atoms with van der Waals surface area (Å²) in [7, 11) is -4.67. The molecule has 2 rings (SSSR count). The van der Waals surface area contributed by atoms with Gasteiger partial charge >= 0.3 is 10.4 Å². The van der Waals surface area contributed by atoms with Gasteiger partial charge < -0.3 is 5.32 Å². The molecule has 1 aromatic carbocycles. The number of nitrogens with one attached hydrogen (secondary N) is 1. The zero-order valence-electron chi connectivity index (χ0n) is 9.76. The Balaban J connectivity index is 0.000000280. The van der Waals surface area contributed by atoms with Crippen molar-refractivity contribution in [1.29, 1.82) is 0 Å². The van der Waals surface area contributed by atoms with E-state index in [2.05, 4.69) is 23.5 Å². The van der Waals surface area contributed by atoms with Crippen LogP contribution < -0.4 is 5.32 Å². The topological polar surface area (TPSA) is 86.6 Å². The Morgan fingerprint density at radius 1 is 1.17 bits per heavy atom. The fraction of sp³-hybridized carbons (Fsp3) is 0.455. The first kappa shape index (κ1) is 15.4. The SMILES string of the molecule is ClCc1ccc2c(c1)CCNCC2.O=S(=O)(O)O. The van der Waals surface area contributed by atoms with E-state index >= 15 is 0 Å². The van der Waals surface area contributed by atoms with Crippen LogP contribution in [-0.2, 0) is 29.1 Å². The van der Waals surface area contributed by atoms with E-state index in [9.17, 15) is 0 Å². The Kier molecular flexibility index (Phi) is 6.04. The molecular formula is C11H16ClNO4S. The highest BCUT2D eigenvalue weighted by atomic mass is 35.5. The predicted octanol–water partition coefficient (Wildman–Crippen LogP) is 1.46. The van der Waals surface area contributed by atoms with Crippen LogP contribution in [-0.4, -0.2) is 30.6 Å². The molecule has 18 heavy (non-hydrogen) atoms. The van der Waals surface area contributed by atoms with E-state index in [-0.39, 0.29) is 0 Å². The second-order valence-corrected chi connectivity index (χ2v) is 5.10. The van der Waals surface area contributed by atoms with Crippen LogP contribution >= 0.6 is 11.6 Å². The first-order valence-corrected chi connectivity index (χ1v) is 7.40. The first-order chi connectivity index (χ1) is 8.40. The monoisotopic (exact) mass is 293 g/mol.